The number of rotatable bonds is 4. The molecule has 1 fully saturated rings. The molecule has 2 N–H and O–H groups in total. The fourth-order valence-corrected chi connectivity index (χ4v) is 1.76. The van der Waals surface area contributed by atoms with Crippen molar-refractivity contribution in [1.29, 1.82) is 0 Å². The van der Waals surface area contributed by atoms with Gasteiger partial charge in [0.2, 0.25) is 11.8 Å². The average Bonchev–Trinajstić information content (AvgIpc) is 2.85. The molecule has 0 saturated carbocycles. The highest BCUT2D eigenvalue weighted by Crippen LogP contribution is 2.24. The summed E-state index contributed by atoms with van der Waals surface area (Å²) in [4.78, 5) is 15.5. The smallest absolute Gasteiger partial charge is 0.262 e. The summed E-state index contributed by atoms with van der Waals surface area (Å²) in [6, 6.07) is -0.829. The molecule has 0 spiro atoms. The maximum absolute atomic E-state index is 12.9. The molecule has 1 aliphatic heterocycles. The summed E-state index contributed by atoms with van der Waals surface area (Å²) in [7, 11) is 0. The fraction of sp³-hybridized carbons (Fsp3) is 0.700. The number of alkyl halides is 2. The summed E-state index contributed by atoms with van der Waals surface area (Å²) in [5, 5.41) is 8.64. The standard InChI is InChI=1S/C10H14F2N4O2.ClH/c1-6-15-8(18-16-6)2-3-13-9(17)7-4-10(11,12)5-14-7;/h7,14H,2-5H2,1H3,(H,13,17);1H. The summed E-state index contributed by atoms with van der Waals surface area (Å²) in [6.45, 7) is 1.52. The number of amides is 1. The van der Waals surface area contributed by atoms with Gasteiger partial charge in [-0.25, -0.2) is 8.78 Å². The van der Waals surface area contributed by atoms with Gasteiger partial charge in [0.05, 0.1) is 12.6 Å². The second-order valence-electron chi connectivity index (χ2n) is 4.27. The molecule has 2 heterocycles. The molecule has 0 aromatic carbocycles. The van der Waals surface area contributed by atoms with E-state index in [1.165, 1.54) is 0 Å². The lowest BCUT2D eigenvalue weighted by atomic mass is 10.2. The first-order chi connectivity index (χ1) is 8.46. The molecular weight excluding hydrogens is 282 g/mol. The predicted molar refractivity (Wildman–Crippen MR) is 64.4 cm³/mol. The Bertz CT molecular complexity index is 441. The molecule has 19 heavy (non-hydrogen) atoms. The Labute approximate surface area is 114 Å². The summed E-state index contributed by atoms with van der Waals surface area (Å²) in [5.41, 5.74) is 0. The lowest BCUT2D eigenvalue weighted by Gasteiger charge is -2.10. The molecular formula is C10H15ClF2N4O2. The lowest BCUT2D eigenvalue weighted by molar-refractivity contribution is -0.123. The first-order valence-electron chi connectivity index (χ1n) is 5.64. The Kier molecular flexibility index (Phi) is 5.19. The van der Waals surface area contributed by atoms with Crippen LogP contribution in [0.5, 0.6) is 0 Å². The van der Waals surface area contributed by atoms with Gasteiger partial charge in [-0.3, -0.25) is 10.1 Å². The Morgan fingerprint density at radius 2 is 2.37 bits per heavy atom. The number of carbonyl (C=O) groups is 1. The summed E-state index contributed by atoms with van der Waals surface area (Å²) < 4.78 is 30.6. The van der Waals surface area contributed by atoms with E-state index in [1.54, 1.807) is 6.92 Å². The van der Waals surface area contributed by atoms with Gasteiger partial charge >= 0.3 is 0 Å². The molecule has 1 saturated heterocycles. The molecule has 1 atom stereocenters. The zero-order chi connectivity index (χ0) is 13.2. The number of hydrogen-bond acceptors (Lipinski definition) is 5. The molecule has 0 aliphatic carbocycles. The van der Waals surface area contributed by atoms with Crippen LogP contribution in [0.1, 0.15) is 18.1 Å². The van der Waals surface area contributed by atoms with Crippen molar-refractivity contribution in [1.82, 2.24) is 20.8 Å². The van der Waals surface area contributed by atoms with Crippen LogP contribution in [0.15, 0.2) is 4.52 Å². The Balaban J connectivity index is 0.00000180. The van der Waals surface area contributed by atoms with E-state index in [1.807, 2.05) is 0 Å². The largest absolute Gasteiger partial charge is 0.354 e. The van der Waals surface area contributed by atoms with Crippen molar-refractivity contribution in [2.45, 2.75) is 31.7 Å². The topological polar surface area (TPSA) is 80.0 Å². The number of nitrogens with one attached hydrogen (secondary N) is 2. The second-order valence-corrected chi connectivity index (χ2v) is 4.27. The van der Waals surface area contributed by atoms with Crippen LogP contribution in [0, 0.1) is 6.92 Å². The molecule has 1 aromatic heterocycles. The van der Waals surface area contributed by atoms with Crippen molar-refractivity contribution in [3.8, 4) is 0 Å². The normalized spacial score (nSPS) is 20.9. The quantitative estimate of drug-likeness (QED) is 0.843. The summed E-state index contributed by atoms with van der Waals surface area (Å²) in [5.74, 6) is -2.29. The number of hydrogen-bond donors (Lipinski definition) is 2. The molecule has 9 heteroatoms. The molecule has 108 valence electrons. The van der Waals surface area contributed by atoms with Gasteiger partial charge in [-0.1, -0.05) is 5.16 Å². The third kappa shape index (κ3) is 4.39. The van der Waals surface area contributed by atoms with E-state index in [4.69, 9.17) is 4.52 Å². The number of aromatic nitrogens is 2. The summed E-state index contributed by atoms with van der Waals surface area (Å²) >= 11 is 0. The van der Waals surface area contributed by atoms with Gasteiger partial charge < -0.3 is 9.84 Å². The van der Waals surface area contributed by atoms with E-state index in [0.717, 1.165) is 0 Å². The van der Waals surface area contributed by atoms with Gasteiger partial charge in [-0.2, -0.15) is 4.98 Å². The maximum atomic E-state index is 12.9. The molecule has 1 aromatic rings. The van der Waals surface area contributed by atoms with E-state index >= 15 is 0 Å². The van der Waals surface area contributed by atoms with Gasteiger partial charge in [0.1, 0.15) is 0 Å². The predicted octanol–water partition coefficient (Wildman–Crippen LogP) is 0.456. The van der Waals surface area contributed by atoms with Crippen LogP contribution in [0.4, 0.5) is 8.78 Å². The molecule has 6 nitrogen and oxygen atoms in total. The minimum Gasteiger partial charge on any atom is -0.354 e. The van der Waals surface area contributed by atoms with Crippen LogP contribution in [-0.2, 0) is 11.2 Å². The average molecular weight is 297 g/mol. The van der Waals surface area contributed by atoms with Crippen LogP contribution >= 0.6 is 12.4 Å². The van der Waals surface area contributed by atoms with Gasteiger partial charge in [-0.05, 0) is 6.92 Å². The van der Waals surface area contributed by atoms with E-state index in [-0.39, 0.29) is 19.0 Å². The monoisotopic (exact) mass is 296 g/mol. The Morgan fingerprint density at radius 1 is 1.63 bits per heavy atom. The zero-order valence-electron chi connectivity index (χ0n) is 10.3. The van der Waals surface area contributed by atoms with Gasteiger partial charge in [0.25, 0.3) is 5.92 Å². The summed E-state index contributed by atoms with van der Waals surface area (Å²) in [6.07, 6.45) is -0.0752. The molecule has 1 amide bonds. The third-order valence-corrected chi connectivity index (χ3v) is 2.63. The molecule has 0 radical (unpaired) electrons. The van der Waals surface area contributed by atoms with Crippen molar-refractivity contribution >= 4 is 18.3 Å². The highest BCUT2D eigenvalue weighted by molar-refractivity contribution is 5.85. The molecule has 1 aliphatic rings. The third-order valence-electron chi connectivity index (χ3n) is 2.63. The highest BCUT2D eigenvalue weighted by atomic mass is 35.5. The van der Waals surface area contributed by atoms with Crippen molar-refractivity contribution in [3.63, 3.8) is 0 Å². The number of nitrogens with zero attached hydrogens (tertiary/aromatic N) is 2. The van der Waals surface area contributed by atoms with Crippen molar-refractivity contribution in [3.05, 3.63) is 11.7 Å². The van der Waals surface area contributed by atoms with E-state index in [0.29, 0.717) is 18.1 Å². The fourth-order valence-electron chi connectivity index (χ4n) is 1.76. The van der Waals surface area contributed by atoms with Crippen molar-refractivity contribution in [2.24, 2.45) is 0 Å². The van der Waals surface area contributed by atoms with Crippen LogP contribution in [-0.4, -0.2) is 41.1 Å². The number of aryl methyl sites for hydroxylation is 1. The van der Waals surface area contributed by atoms with E-state index < -0.39 is 30.8 Å². The van der Waals surface area contributed by atoms with E-state index in [9.17, 15) is 13.6 Å². The van der Waals surface area contributed by atoms with Crippen LogP contribution in [0.25, 0.3) is 0 Å². The van der Waals surface area contributed by atoms with Gasteiger partial charge in [-0.15, -0.1) is 12.4 Å². The minimum atomic E-state index is -2.80. The minimum absolute atomic E-state index is 0. The zero-order valence-corrected chi connectivity index (χ0v) is 11.1. The SMILES string of the molecule is Cc1noc(CCNC(=O)C2CC(F)(F)CN2)n1.Cl. The van der Waals surface area contributed by atoms with Crippen LogP contribution in [0.3, 0.4) is 0 Å². The van der Waals surface area contributed by atoms with Crippen LogP contribution < -0.4 is 10.6 Å². The molecule has 1 unspecified atom stereocenters. The first-order valence-corrected chi connectivity index (χ1v) is 5.64. The Hall–Kier alpha value is -1.28. The second kappa shape index (κ2) is 6.25. The van der Waals surface area contributed by atoms with E-state index in [2.05, 4.69) is 20.8 Å². The van der Waals surface area contributed by atoms with Crippen molar-refractivity contribution in [2.75, 3.05) is 13.1 Å². The van der Waals surface area contributed by atoms with Gasteiger partial charge in [0, 0.05) is 19.4 Å². The van der Waals surface area contributed by atoms with Gasteiger partial charge in [0.15, 0.2) is 5.82 Å². The first kappa shape index (κ1) is 15.8. The van der Waals surface area contributed by atoms with Crippen molar-refractivity contribution < 1.29 is 18.1 Å². The Morgan fingerprint density at radius 3 is 2.89 bits per heavy atom. The lowest BCUT2D eigenvalue weighted by Crippen LogP contribution is -2.41. The van der Waals surface area contributed by atoms with Crippen LogP contribution in [0.2, 0.25) is 0 Å². The number of carbonyl (C=O) groups excluding carboxylic acids is 1. The molecule has 2 rings (SSSR count). The number of halogens is 3. The maximum Gasteiger partial charge on any atom is 0.262 e. The highest BCUT2D eigenvalue weighted by Gasteiger charge is 2.42. The molecule has 0 bridgehead atoms.